The van der Waals surface area contributed by atoms with E-state index in [1.165, 1.54) is 18.5 Å². The maximum Gasteiger partial charge on any atom is 0.217 e. The highest BCUT2D eigenvalue weighted by Crippen LogP contribution is 2.27. The minimum absolute atomic E-state index is 0.0820. The maximum atomic E-state index is 5.61. The summed E-state index contributed by atoms with van der Waals surface area (Å²) >= 11 is 0. The van der Waals surface area contributed by atoms with Crippen molar-refractivity contribution in [2.24, 2.45) is 0 Å². The monoisotopic (exact) mass is 246 g/mol. The standard InChI is InChI=1S/C13H18N4O/c1-9-6-16-13(18-9)10(2)17-8-14-7-12(17)11-4-3-5-15-11/h6-8,10-11,15H,3-5H2,1-2H3/t10?,11-/m0/s1. The number of aromatic nitrogens is 3. The first-order valence-corrected chi connectivity index (χ1v) is 6.43. The van der Waals surface area contributed by atoms with Gasteiger partial charge in [0.1, 0.15) is 11.8 Å². The van der Waals surface area contributed by atoms with Crippen molar-refractivity contribution in [2.45, 2.75) is 38.8 Å². The lowest BCUT2D eigenvalue weighted by Gasteiger charge is -2.17. The van der Waals surface area contributed by atoms with Crippen LogP contribution in [-0.2, 0) is 0 Å². The van der Waals surface area contributed by atoms with E-state index < -0.39 is 0 Å². The Labute approximate surface area is 106 Å². The van der Waals surface area contributed by atoms with Crippen molar-refractivity contribution >= 4 is 0 Å². The molecule has 3 rings (SSSR count). The Morgan fingerprint density at radius 2 is 2.39 bits per heavy atom. The van der Waals surface area contributed by atoms with Gasteiger partial charge in [-0.2, -0.15) is 0 Å². The van der Waals surface area contributed by atoms with E-state index in [9.17, 15) is 0 Å². The van der Waals surface area contributed by atoms with Gasteiger partial charge in [-0.05, 0) is 33.2 Å². The molecule has 0 spiro atoms. The van der Waals surface area contributed by atoms with Gasteiger partial charge < -0.3 is 14.3 Å². The minimum Gasteiger partial charge on any atom is -0.444 e. The lowest BCUT2D eigenvalue weighted by Crippen LogP contribution is -2.19. The largest absolute Gasteiger partial charge is 0.444 e. The van der Waals surface area contributed by atoms with Crippen molar-refractivity contribution in [1.29, 1.82) is 0 Å². The van der Waals surface area contributed by atoms with Crippen LogP contribution in [0.15, 0.2) is 23.1 Å². The zero-order chi connectivity index (χ0) is 12.5. The first-order valence-electron chi connectivity index (χ1n) is 6.43. The molecule has 1 fully saturated rings. The van der Waals surface area contributed by atoms with Crippen molar-refractivity contribution in [1.82, 2.24) is 19.9 Å². The lowest BCUT2D eigenvalue weighted by molar-refractivity contribution is 0.403. The fourth-order valence-corrected chi connectivity index (χ4v) is 2.53. The summed E-state index contributed by atoms with van der Waals surface area (Å²) in [6, 6.07) is 0.490. The van der Waals surface area contributed by atoms with E-state index in [2.05, 4.69) is 26.8 Å². The topological polar surface area (TPSA) is 55.9 Å². The van der Waals surface area contributed by atoms with Gasteiger partial charge >= 0.3 is 0 Å². The molecule has 1 unspecified atom stereocenters. The summed E-state index contributed by atoms with van der Waals surface area (Å²) in [6.45, 7) is 5.09. The van der Waals surface area contributed by atoms with Crippen molar-refractivity contribution in [3.05, 3.63) is 36.1 Å². The Morgan fingerprint density at radius 1 is 1.50 bits per heavy atom. The molecule has 1 aliphatic rings. The molecule has 0 radical (unpaired) electrons. The van der Waals surface area contributed by atoms with Gasteiger partial charge in [-0.3, -0.25) is 0 Å². The first kappa shape index (κ1) is 11.5. The van der Waals surface area contributed by atoms with Crippen LogP contribution in [0.4, 0.5) is 0 Å². The highest BCUT2D eigenvalue weighted by molar-refractivity contribution is 5.11. The third-order valence-electron chi connectivity index (χ3n) is 3.53. The summed E-state index contributed by atoms with van der Waals surface area (Å²) in [5.41, 5.74) is 1.22. The molecular formula is C13H18N4O. The van der Waals surface area contributed by atoms with Crippen LogP contribution < -0.4 is 5.32 Å². The van der Waals surface area contributed by atoms with Gasteiger partial charge in [0.05, 0.1) is 18.2 Å². The van der Waals surface area contributed by atoms with Gasteiger partial charge in [0, 0.05) is 12.2 Å². The van der Waals surface area contributed by atoms with E-state index in [0.717, 1.165) is 18.2 Å². The number of nitrogens with zero attached hydrogens (tertiary/aromatic N) is 3. The average Bonchev–Trinajstić information content (AvgIpc) is 3.08. The number of imidazole rings is 1. The van der Waals surface area contributed by atoms with Gasteiger partial charge in [0.15, 0.2) is 0 Å². The van der Waals surface area contributed by atoms with Crippen LogP contribution in [0.1, 0.15) is 49.2 Å². The predicted octanol–water partition coefficient (Wildman–Crippen LogP) is 2.21. The Morgan fingerprint density at radius 3 is 3.06 bits per heavy atom. The molecular weight excluding hydrogens is 228 g/mol. The van der Waals surface area contributed by atoms with Crippen molar-refractivity contribution in [3.8, 4) is 0 Å². The molecule has 5 heteroatoms. The Bertz CT molecular complexity index is 525. The van der Waals surface area contributed by atoms with Gasteiger partial charge in [-0.15, -0.1) is 0 Å². The number of nitrogens with one attached hydrogen (secondary N) is 1. The second-order valence-corrected chi connectivity index (χ2v) is 4.86. The van der Waals surface area contributed by atoms with Crippen molar-refractivity contribution in [2.75, 3.05) is 6.54 Å². The SMILES string of the molecule is Cc1cnc(C(C)n2cncc2[C@@H]2CCCN2)o1. The normalized spacial score (nSPS) is 21.3. The molecule has 0 amide bonds. The molecule has 0 aromatic carbocycles. The molecule has 5 nitrogen and oxygen atoms in total. The van der Waals surface area contributed by atoms with E-state index in [0.29, 0.717) is 6.04 Å². The van der Waals surface area contributed by atoms with Gasteiger partial charge in [0.2, 0.25) is 5.89 Å². The Hall–Kier alpha value is -1.62. The van der Waals surface area contributed by atoms with Gasteiger partial charge in [-0.1, -0.05) is 0 Å². The van der Waals surface area contributed by atoms with Crippen LogP contribution in [0, 0.1) is 6.92 Å². The fraction of sp³-hybridized carbons (Fsp3) is 0.538. The van der Waals surface area contributed by atoms with Gasteiger partial charge in [-0.25, -0.2) is 9.97 Å². The second kappa shape index (κ2) is 4.57. The first-order chi connectivity index (χ1) is 8.75. The summed E-state index contributed by atoms with van der Waals surface area (Å²) in [4.78, 5) is 8.58. The van der Waals surface area contributed by atoms with E-state index in [1.807, 2.05) is 19.4 Å². The molecule has 2 aromatic heterocycles. The zero-order valence-electron chi connectivity index (χ0n) is 10.8. The van der Waals surface area contributed by atoms with Crippen LogP contribution in [0.3, 0.4) is 0 Å². The number of hydrogen-bond donors (Lipinski definition) is 1. The van der Waals surface area contributed by atoms with Crippen molar-refractivity contribution < 1.29 is 4.42 Å². The third kappa shape index (κ3) is 1.95. The maximum absolute atomic E-state index is 5.61. The summed E-state index contributed by atoms with van der Waals surface area (Å²) in [5, 5.41) is 3.50. The molecule has 0 aliphatic carbocycles. The molecule has 1 N–H and O–H groups in total. The van der Waals surface area contributed by atoms with E-state index in [-0.39, 0.29) is 6.04 Å². The highest BCUT2D eigenvalue weighted by atomic mass is 16.4. The lowest BCUT2D eigenvalue weighted by atomic mass is 10.1. The number of hydrogen-bond acceptors (Lipinski definition) is 4. The molecule has 2 aromatic rings. The zero-order valence-corrected chi connectivity index (χ0v) is 10.8. The summed E-state index contributed by atoms with van der Waals surface area (Å²) in [6.07, 6.45) is 7.95. The van der Waals surface area contributed by atoms with Crippen LogP contribution in [0.5, 0.6) is 0 Å². The van der Waals surface area contributed by atoms with E-state index in [4.69, 9.17) is 4.42 Å². The van der Waals surface area contributed by atoms with Crippen LogP contribution in [0.2, 0.25) is 0 Å². The number of rotatable bonds is 3. The quantitative estimate of drug-likeness (QED) is 0.902. The molecule has 1 aliphatic heterocycles. The number of aryl methyl sites for hydroxylation is 1. The fourth-order valence-electron chi connectivity index (χ4n) is 2.53. The number of oxazole rings is 1. The molecule has 96 valence electrons. The molecule has 0 bridgehead atoms. The molecule has 3 heterocycles. The molecule has 2 atom stereocenters. The van der Waals surface area contributed by atoms with Crippen molar-refractivity contribution in [3.63, 3.8) is 0 Å². The second-order valence-electron chi connectivity index (χ2n) is 4.86. The molecule has 1 saturated heterocycles. The summed E-state index contributed by atoms with van der Waals surface area (Å²) in [7, 11) is 0. The van der Waals surface area contributed by atoms with E-state index >= 15 is 0 Å². The average molecular weight is 246 g/mol. The Balaban J connectivity index is 1.89. The van der Waals surface area contributed by atoms with Gasteiger partial charge in [0.25, 0.3) is 0 Å². The third-order valence-corrected chi connectivity index (χ3v) is 3.53. The summed E-state index contributed by atoms with van der Waals surface area (Å²) < 4.78 is 7.75. The van der Waals surface area contributed by atoms with Crippen LogP contribution in [0.25, 0.3) is 0 Å². The molecule has 0 saturated carbocycles. The van der Waals surface area contributed by atoms with E-state index in [1.54, 1.807) is 6.20 Å². The van der Waals surface area contributed by atoms with Crippen LogP contribution in [-0.4, -0.2) is 21.1 Å². The molecule has 18 heavy (non-hydrogen) atoms. The predicted molar refractivity (Wildman–Crippen MR) is 67.3 cm³/mol. The smallest absolute Gasteiger partial charge is 0.217 e. The highest BCUT2D eigenvalue weighted by Gasteiger charge is 2.23. The summed E-state index contributed by atoms with van der Waals surface area (Å²) in [5.74, 6) is 1.59. The van der Waals surface area contributed by atoms with Crippen LogP contribution >= 0.6 is 0 Å². The Kier molecular flexibility index (Phi) is 2.91. The minimum atomic E-state index is 0.0820.